The molecule has 7 nitrogen and oxygen atoms in total. The molecule has 0 spiro atoms. The Morgan fingerprint density at radius 2 is 1.89 bits per heavy atom. The van der Waals surface area contributed by atoms with Crippen molar-refractivity contribution in [1.29, 1.82) is 0 Å². The summed E-state index contributed by atoms with van der Waals surface area (Å²) in [4.78, 5) is 33.2. The minimum Gasteiger partial charge on any atom is -0.396 e. The van der Waals surface area contributed by atoms with E-state index in [-0.39, 0.29) is 48.3 Å². The van der Waals surface area contributed by atoms with Gasteiger partial charge in [0.25, 0.3) is 5.56 Å². The van der Waals surface area contributed by atoms with Gasteiger partial charge in [0.05, 0.1) is 12.1 Å². The van der Waals surface area contributed by atoms with Crippen LogP contribution in [0.15, 0.2) is 47.3 Å². The molecule has 1 amide bonds. The Hall–Kier alpha value is -2.81. The highest BCUT2D eigenvalue weighted by Crippen LogP contribution is 2.50. The molecule has 4 atom stereocenters. The van der Waals surface area contributed by atoms with Crippen molar-refractivity contribution >= 4 is 12.0 Å². The molecule has 5 rings (SSSR count). The van der Waals surface area contributed by atoms with E-state index in [4.69, 9.17) is 0 Å². The second-order valence-electron chi connectivity index (χ2n) is 9.92. The number of likely N-dealkylation sites (tertiary alicyclic amines) is 1. The number of aliphatic hydroxyl groups is 1. The third-order valence-electron chi connectivity index (χ3n) is 7.95. The number of carbonyl (C=O) groups is 1. The molecule has 0 unspecified atom stereocenters. The molecule has 3 aliphatic heterocycles. The fourth-order valence-corrected chi connectivity index (χ4v) is 6.13. The number of aliphatic hydroxyl groups excluding tert-OH is 1. The molecular weight excluding hydrogens is 447 g/mol. The van der Waals surface area contributed by atoms with Crippen LogP contribution >= 0.6 is 0 Å². The van der Waals surface area contributed by atoms with Gasteiger partial charge in [0, 0.05) is 74.5 Å². The van der Waals surface area contributed by atoms with Crippen LogP contribution in [0.2, 0.25) is 0 Å². The van der Waals surface area contributed by atoms with Gasteiger partial charge in [-0.2, -0.15) is 0 Å². The van der Waals surface area contributed by atoms with Crippen LogP contribution in [0.25, 0.3) is 6.08 Å². The molecule has 0 aliphatic carbocycles. The van der Waals surface area contributed by atoms with E-state index in [1.54, 1.807) is 28.8 Å². The van der Waals surface area contributed by atoms with Gasteiger partial charge in [-0.3, -0.25) is 14.5 Å². The summed E-state index contributed by atoms with van der Waals surface area (Å²) in [6, 6.07) is 9.57. The van der Waals surface area contributed by atoms with Gasteiger partial charge in [0.2, 0.25) is 5.91 Å². The number of likely N-dealkylation sites (N-methyl/N-ethyl adjacent to an activating group) is 1. The average molecular weight is 481 g/mol. The highest BCUT2D eigenvalue weighted by molar-refractivity contribution is 5.83. The van der Waals surface area contributed by atoms with E-state index < -0.39 is 6.04 Å². The van der Waals surface area contributed by atoms with E-state index in [1.165, 1.54) is 6.07 Å². The van der Waals surface area contributed by atoms with E-state index >= 15 is 0 Å². The van der Waals surface area contributed by atoms with Crippen molar-refractivity contribution < 1.29 is 14.3 Å². The quantitative estimate of drug-likeness (QED) is 0.709. The van der Waals surface area contributed by atoms with E-state index in [2.05, 4.69) is 4.90 Å². The first-order valence-corrected chi connectivity index (χ1v) is 12.4. The normalized spacial score (nSPS) is 26.9. The monoisotopic (exact) mass is 480 g/mol. The van der Waals surface area contributed by atoms with Gasteiger partial charge in [-0.1, -0.05) is 30.4 Å². The summed E-state index contributed by atoms with van der Waals surface area (Å²) in [5.74, 6) is -0.784. The molecule has 4 heterocycles. The summed E-state index contributed by atoms with van der Waals surface area (Å²) in [6.07, 6.45) is 3.63. The Morgan fingerprint density at radius 1 is 1.14 bits per heavy atom. The van der Waals surface area contributed by atoms with Gasteiger partial charge >= 0.3 is 0 Å². The molecule has 0 radical (unpaired) electrons. The van der Waals surface area contributed by atoms with Gasteiger partial charge in [-0.15, -0.1) is 0 Å². The molecule has 1 aromatic carbocycles. The maximum atomic E-state index is 14.7. The Balaban J connectivity index is 1.57. The van der Waals surface area contributed by atoms with Crippen LogP contribution in [0.4, 0.5) is 4.39 Å². The van der Waals surface area contributed by atoms with Gasteiger partial charge in [0.15, 0.2) is 0 Å². The smallest absolute Gasteiger partial charge is 0.258 e. The summed E-state index contributed by atoms with van der Waals surface area (Å²) in [6.45, 7) is 5.26. The van der Waals surface area contributed by atoms with Crippen LogP contribution < -0.4 is 5.56 Å². The molecule has 3 aliphatic rings. The molecule has 2 fully saturated rings. The number of piperazine rings is 1. The summed E-state index contributed by atoms with van der Waals surface area (Å²) in [5, 5.41) is 10.5. The molecule has 0 bridgehead atoms. The second-order valence-corrected chi connectivity index (χ2v) is 9.92. The molecule has 8 heteroatoms. The number of nitrogens with zero attached hydrogens (tertiary/aromatic N) is 4. The Kier molecular flexibility index (Phi) is 6.61. The topological polar surface area (TPSA) is 69.0 Å². The highest BCUT2D eigenvalue weighted by Gasteiger charge is 2.56. The zero-order valence-corrected chi connectivity index (χ0v) is 20.3. The lowest BCUT2D eigenvalue weighted by Gasteiger charge is -2.38. The molecule has 35 heavy (non-hydrogen) atoms. The number of carbonyl (C=O) groups excluding carboxylic acids is 1. The third-order valence-corrected chi connectivity index (χ3v) is 7.95. The number of fused-ring (bicyclic) bond motifs is 3. The van der Waals surface area contributed by atoms with Crippen LogP contribution in [-0.4, -0.2) is 76.2 Å². The number of allylic oxidation sites excluding steroid dienone is 1. The minimum absolute atomic E-state index is 0.0117. The first-order chi connectivity index (χ1) is 16.9. The third kappa shape index (κ3) is 4.13. The number of pyridine rings is 1. The molecule has 0 saturated carbocycles. The second kappa shape index (κ2) is 9.68. The number of benzene rings is 1. The molecular formula is C27H33FN4O3. The van der Waals surface area contributed by atoms with Gasteiger partial charge < -0.3 is 19.5 Å². The summed E-state index contributed by atoms with van der Waals surface area (Å²) >= 11 is 0. The maximum absolute atomic E-state index is 14.7. The number of rotatable bonds is 5. The highest BCUT2D eigenvalue weighted by atomic mass is 19.1. The van der Waals surface area contributed by atoms with Crippen LogP contribution in [0.5, 0.6) is 0 Å². The van der Waals surface area contributed by atoms with E-state index in [1.807, 2.05) is 42.0 Å². The zero-order chi connectivity index (χ0) is 24.7. The van der Waals surface area contributed by atoms with Crippen LogP contribution in [0, 0.1) is 17.7 Å². The standard InChI is InChI=1S/C27H33FN4O3/c1-3-6-18-9-10-23-24-20(16-31(23)26(18)34)21(17-33)25(27(35)30-13-11-29(2)12-14-30)32(24)15-19-7-4-5-8-22(19)28/h3-10,20-21,24-25,33H,11-17H2,1-2H3/b6-3+/t20-,21-,24+,25-/m0/s1. The Bertz CT molecular complexity index is 1190. The maximum Gasteiger partial charge on any atom is 0.258 e. The predicted molar refractivity (Wildman–Crippen MR) is 132 cm³/mol. The lowest BCUT2D eigenvalue weighted by atomic mass is 9.88. The molecule has 1 N–H and O–H groups in total. The molecule has 1 aromatic heterocycles. The van der Waals surface area contributed by atoms with Crippen molar-refractivity contribution in [3.63, 3.8) is 0 Å². The summed E-state index contributed by atoms with van der Waals surface area (Å²) in [7, 11) is 2.04. The number of hydrogen-bond acceptors (Lipinski definition) is 5. The molecule has 186 valence electrons. The number of halogens is 1. The Morgan fingerprint density at radius 3 is 2.57 bits per heavy atom. The van der Waals surface area contributed by atoms with Crippen molar-refractivity contribution in [2.24, 2.45) is 11.8 Å². The van der Waals surface area contributed by atoms with Gasteiger partial charge in [0.1, 0.15) is 5.82 Å². The SMILES string of the molecule is C/C=C/c1ccc2n(c1=O)C[C@H]1[C@H](CO)[C@@H](C(=O)N3CCN(C)CC3)N(Cc3ccccc3F)[C@@H]21. The number of aromatic nitrogens is 1. The van der Waals surface area contributed by atoms with Gasteiger partial charge in [-0.25, -0.2) is 4.39 Å². The first kappa shape index (κ1) is 23.9. The first-order valence-electron chi connectivity index (χ1n) is 12.4. The van der Waals surface area contributed by atoms with E-state index in [0.29, 0.717) is 30.8 Å². The van der Waals surface area contributed by atoms with Crippen molar-refractivity contribution in [2.75, 3.05) is 39.8 Å². The largest absolute Gasteiger partial charge is 0.396 e. The van der Waals surface area contributed by atoms with Crippen LogP contribution in [0.3, 0.4) is 0 Å². The number of amides is 1. The predicted octanol–water partition coefficient (Wildman–Crippen LogP) is 1.96. The molecule has 2 aromatic rings. The van der Waals surface area contributed by atoms with Crippen molar-refractivity contribution in [1.82, 2.24) is 19.3 Å². The van der Waals surface area contributed by atoms with Gasteiger partial charge in [-0.05, 0) is 32.2 Å². The van der Waals surface area contributed by atoms with Crippen molar-refractivity contribution in [2.45, 2.75) is 32.1 Å². The fraction of sp³-hybridized carbons (Fsp3) is 0.481. The average Bonchev–Trinajstić information content (AvgIpc) is 3.38. The van der Waals surface area contributed by atoms with Crippen LogP contribution in [-0.2, 0) is 17.9 Å². The van der Waals surface area contributed by atoms with Crippen molar-refractivity contribution in [3.05, 3.63) is 75.5 Å². The lowest BCUT2D eigenvalue weighted by Crippen LogP contribution is -2.55. The van der Waals surface area contributed by atoms with Crippen molar-refractivity contribution in [3.8, 4) is 0 Å². The molecule has 2 saturated heterocycles. The lowest BCUT2D eigenvalue weighted by molar-refractivity contribution is -0.140. The summed E-state index contributed by atoms with van der Waals surface area (Å²) < 4.78 is 16.5. The fourth-order valence-electron chi connectivity index (χ4n) is 6.13. The summed E-state index contributed by atoms with van der Waals surface area (Å²) in [5.41, 5.74) is 1.88. The minimum atomic E-state index is -0.572. The van der Waals surface area contributed by atoms with E-state index in [0.717, 1.165) is 18.8 Å². The zero-order valence-electron chi connectivity index (χ0n) is 20.3. The van der Waals surface area contributed by atoms with Crippen LogP contribution in [0.1, 0.15) is 29.8 Å². The Labute approximate surface area is 205 Å². The van der Waals surface area contributed by atoms with E-state index in [9.17, 15) is 19.1 Å². The number of hydrogen-bond donors (Lipinski definition) is 1.